The van der Waals surface area contributed by atoms with Crippen LogP contribution in [-0.2, 0) is 0 Å². The molecule has 0 aromatic carbocycles. The van der Waals surface area contributed by atoms with Crippen molar-refractivity contribution in [1.29, 1.82) is 0 Å². The Morgan fingerprint density at radius 2 is 2.29 bits per heavy atom. The smallest absolute Gasteiger partial charge is 0.181 e. The molecule has 2 N–H and O–H groups in total. The fourth-order valence-electron chi connectivity index (χ4n) is 1.91. The van der Waals surface area contributed by atoms with E-state index in [4.69, 9.17) is 10.2 Å². The molecule has 0 saturated heterocycles. The second-order valence-electron chi connectivity index (χ2n) is 4.17. The number of aromatic nitrogens is 2. The average Bonchev–Trinajstić information content (AvgIpc) is 2.82. The summed E-state index contributed by atoms with van der Waals surface area (Å²) in [5.74, 6) is 1.56. The van der Waals surface area contributed by atoms with Gasteiger partial charge >= 0.3 is 0 Å². The minimum absolute atomic E-state index is 0.553. The van der Waals surface area contributed by atoms with Gasteiger partial charge in [-0.15, -0.1) is 11.3 Å². The molecule has 2 aromatic rings. The predicted octanol–water partition coefficient (Wildman–Crippen LogP) is 3.15. The molecule has 1 fully saturated rings. The number of thiazole rings is 1. The Labute approximate surface area is 103 Å². The Kier molecular flexibility index (Phi) is 2.68. The van der Waals surface area contributed by atoms with Crippen LogP contribution in [-0.4, -0.2) is 9.97 Å². The Hall–Kier alpha value is -1.62. The van der Waals surface area contributed by atoms with Gasteiger partial charge in [0.2, 0.25) is 0 Å². The van der Waals surface area contributed by atoms with Crippen molar-refractivity contribution < 1.29 is 4.42 Å². The number of rotatable bonds is 3. The largest absolute Gasteiger partial charge is 0.448 e. The van der Waals surface area contributed by atoms with Crippen LogP contribution in [0.1, 0.15) is 42.3 Å². The Morgan fingerprint density at radius 1 is 1.41 bits per heavy atom. The molecule has 17 heavy (non-hydrogen) atoms. The molecule has 2 aromatic heterocycles. The van der Waals surface area contributed by atoms with E-state index in [0.717, 1.165) is 17.1 Å². The van der Waals surface area contributed by atoms with Crippen molar-refractivity contribution in [3.05, 3.63) is 28.9 Å². The highest BCUT2D eigenvalue weighted by atomic mass is 32.1. The van der Waals surface area contributed by atoms with E-state index >= 15 is 0 Å². The average molecular weight is 247 g/mol. The van der Waals surface area contributed by atoms with Crippen molar-refractivity contribution >= 4 is 28.6 Å². The molecule has 1 aliphatic rings. The molecular weight excluding hydrogens is 234 g/mol. The van der Waals surface area contributed by atoms with Gasteiger partial charge in [-0.2, -0.15) is 0 Å². The van der Waals surface area contributed by atoms with Crippen LogP contribution >= 0.6 is 11.3 Å². The van der Waals surface area contributed by atoms with E-state index in [1.54, 1.807) is 0 Å². The highest BCUT2D eigenvalue weighted by molar-refractivity contribution is 7.13. The van der Waals surface area contributed by atoms with Crippen LogP contribution in [0.2, 0.25) is 0 Å². The van der Waals surface area contributed by atoms with Crippen LogP contribution in [0.5, 0.6) is 0 Å². The molecular formula is C12H13N3OS. The predicted molar refractivity (Wildman–Crippen MR) is 68.5 cm³/mol. The normalized spacial score (nSPS) is 16.5. The summed E-state index contributed by atoms with van der Waals surface area (Å²) >= 11 is 1.44. The quantitative estimate of drug-likeness (QED) is 0.904. The molecule has 2 heterocycles. The first-order valence-corrected chi connectivity index (χ1v) is 6.53. The van der Waals surface area contributed by atoms with Crippen molar-refractivity contribution in [3.63, 3.8) is 0 Å². The van der Waals surface area contributed by atoms with Gasteiger partial charge < -0.3 is 10.2 Å². The van der Waals surface area contributed by atoms with Crippen molar-refractivity contribution in [2.45, 2.75) is 25.2 Å². The zero-order chi connectivity index (χ0) is 11.7. The minimum atomic E-state index is 0.553. The summed E-state index contributed by atoms with van der Waals surface area (Å²) in [5, 5.41) is 2.51. The van der Waals surface area contributed by atoms with Crippen molar-refractivity contribution in [2.75, 3.05) is 5.73 Å². The highest BCUT2D eigenvalue weighted by Gasteiger charge is 2.25. The number of oxazole rings is 1. The summed E-state index contributed by atoms with van der Waals surface area (Å²) in [6, 6.07) is 0. The maximum Gasteiger partial charge on any atom is 0.181 e. The third kappa shape index (κ3) is 2.10. The number of nitrogens with zero attached hydrogens (tertiary/aromatic N) is 2. The van der Waals surface area contributed by atoms with E-state index in [1.807, 2.05) is 17.5 Å². The minimum Gasteiger partial charge on any atom is -0.448 e. The Balaban J connectivity index is 1.80. The molecule has 0 radical (unpaired) electrons. The van der Waals surface area contributed by atoms with E-state index in [2.05, 4.69) is 9.97 Å². The monoisotopic (exact) mass is 247 g/mol. The molecule has 0 atom stereocenters. The van der Waals surface area contributed by atoms with Gasteiger partial charge in [0.25, 0.3) is 0 Å². The fraction of sp³-hybridized carbons (Fsp3) is 0.333. The van der Waals surface area contributed by atoms with E-state index in [-0.39, 0.29) is 0 Å². The van der Waals surface area contributed by atoms with Crippen LogP contribution in [0, 0.1) is 0 Å². The zero-order valence-electron chi connectivity index (χ0n) is 9.30. The summed E-state index contributed by atoms with van der Waals surface area (Å²) in [7, 11) is 0. The summed E-state index contributed by atoms with van der Waals surface area (Å²) < 4.78 is 5.46. The van der Waals surface area contributed by atoms with Gasteiger partial charge in [0.05, 0.1) is 5.69 Å². The molecule has 0 aliphatic heterocycles. The lowest BCUT2D eigenvalue weighted by molar-refractivity contribution is 0.345. The maximum absolute atomic E-state index is 5.58. The fourth-order valence-corrected chi connectivity index (χ4v) is 2.44. The third-order valence-corrected chi connectivity index (χ3v) is 3.74. The van der Waals surface area contributed by atoms with Crippen LogP contribution in [0.4, 0.5) is 5.13 Å². The molecule has 3 rings (SSSR count). The van der Waals surface area contributed by atoms with Gasteiger partial charge in [-0.05, 0) is 25.0 Å². The standard InChI is InChI=1S/C12H13N3OS/c13-12-15-9(6-17-12)4-5-10-11(16-7-14-10)8-2-1-3-8/h4-8H,1-3H2,(H2,13,15)/b5-4+. The number of nitrogens with two attached hydrogens (primary N) is 1. The molecule has 88 valence electrons. The lowest BCUT2D eigenvalue weighted by atomic mass is 9.83. The van der Waals surface area contributed by atoms with Gasteiger partial charge in [-0.1, -0.05) is 6.42 Å². The summed E-state index contributed by atoms with van der Waals surface area (Å²) in [6.45, 7) is 0. The molecule has 0 unspecified atom stereocenters. The SMILES string of the molecule is Nc1nc(/C=C/c2ncoc2C2CCC2)cs1. The molecule has 1 aliphatic carbocycles. The lowest BCUT2D eigenvalue weighted by Crippen LogP contribution is -2.08. The van der Waals surface area contributed by atoms with Crippen LogP contribution in [0.25, 0.3) is 12.2 Å². The second-order valence-corrected chi connectivity index (χ2v) is 5.06. The van der Waals surface area contributed by atoms with E-state index in [0.29, 0.717) is 11.0 Å². The lowest BCUT2D eigenvalue weighted by Gasteiger charge is -2.23. The van der Waals surface area contributed by atoms with Gasteiger partial charge in [-0.3, -0.25) is 0 Å². The Morgan fingerprint density at radius 3 is 2.94 bits per heavy atom. The van der Waals surface area contributed by atoms with Crippen LogP contribution < -0.4 is 5.73 Å². The Bertz CT molecular complexity index is 539. The zero-order valence-corrected chi connectivity index (χ0v) is 10.1. The molecule has 4 nitrogen and oxygen atoms in total. The first kappa shape index (κ1) is 10.5. The first-order chi connectivity index (χ1) is 8.33. The maximum atomic E-state index is 5.58. The number of anilines is 1. The summed E-state index contributed by atoms with van der Waals surface area (Å²) in [4.78, 5) is 8.40. The summed E-state index contributed by atoms with van der Waals surface area (Å²) in [6.07, 6.45) is 9.10. The summed E-state index contributed by atoms with van der Waals surface area (Å²) in [5.41, 5.74) is 7.36. The molecule has 0 spiro atoms. The second kappa shape index (κ2) is 4.33. The van der Waals surface area contributed by atoms with Gasteiger partial charge in [0, 0.05) is 11.3 Å². The van der Waals surface area contributed by atoms with Crippen molar-refractivity contribution in [1.82, 2.24) is 9.97 Å². The number of nitrogen functional groups attached to an aromatic ring is 1. The van der Waals surface area contributed by atoms with Crippen LogP contribution in [0.3, 0.4) is 0 Å². The first-order valence-electron chi connectivity index (χ1n) is 5.65. The molecule has 0 amide bonds. The van der Waals surface area contributed by atoms with Crippen molar-refractivity contribution in [3.8, 4) is 0 Å². The van der Waals surface area contributed by atoms with Gasteiger partial charge in [0.15, 0.2) is 11.5 Å². The highest BCUT2D eigenvalue weighted by Crippen LogP contribution is 2.38. The molecule has 0 bridgehead atoms. The molecule has 5 heteroatoms. The van der Waals surface area contributed by atoms with Crippen molar-refractivity contribution in [2.24, 2.45) is 0 Å². The van der Waals surface area contributed by atoms with Gasteiger partial charge in [0.1, 0.15) is 11.5 Å². The molecule has 1 saturated carbocycles. The third-order valence-electron chi connectivity index (χ3n) is 3.05. The van der Waals surface area contributed by atoms with E-state index < -0.39 is 0 Å². The van der Waals surface area contributed by atoms with E-state index in [1.165, 1.54) is 37.0 Å². The number of hydrogen-bond acceptors (Lipinski definition) is 5. The van der Waals surface area contributed by atoms with E-state index in [9.17, 15) is 0 Å². The topological polar surface area (TPSA) is 64.9 Å². The number of hydrogen-bond donors (Lipinski definition) is 1. The van der Waals surface area contributed by atoms with Gasteiger partial charge in [-0.25, -0.2) is 9.97 Å². The van der Waals surface area contributed by atoms with Crippen LogP contribution in [0.15, 0.2) is 16.2 Å².